The minimum absolute atomic E-state index is 0.0300. The number of carbonyl (C=O) groups is 2. The molecule has 69 heavy (non-hydrogen) atoms. The number of phosphoric ester groups is 1. The number of phosphoric acid groups is 1. The number of carbonyl (C=O) groups excluding carboxylic acids is 2. The molecule has 0 aromatic heterocycles. The summed E-state index contributed by atoms with van der Waals surface area (Å²) in [7, 11) is 1.16. The number of rotatable bonds is 51. The summed E-state index contributed by atoms with van der Waals surface area (Å²) in [6, 6.07) is -0.905. The summed E-state index contributed by atoms with van der Waals surface area (Å²) in [4.78, 5) is 39.8. The molecule has 3 atom stereocenters. The molecule has 3 unspecified atom stereocenters. The van der Waals surface area contributed by atoms with Crippen LogP contribution < -0.4 is 10.2 Å². The van der Waals surface area contributed by atoms with E-state index >= 15 is 0 Å². The van der Waals surface area contributed by atoms with E-state index in [0.717, 1.165) is 83.5 Å². The lowest BCUT2D eigenvalue weighted by Crippen LogP contribution is -2.47. The van der Waals surface area contributed by atoms with Gasteiger partial charge in [-0.15, -0.1) is 0 Å². The van der Waals surface area contributed by atoms with E-state index in [4.69, 9.17) is 13.8 Å². The lowest BCUT2D eigenvalue weighted by molar-refractivity contribution is -0.870. The number of unbranched alkanes of at least 4 members (excludes halogenated alkanes) is 27. The van der Waals surface area contributed by atoms with Crippen molar-refractivity contribution in [2.24, 2.45) is 0 Å². The zero-order valence-corrected chi connectivity index (χ0v) is 46.7. The Hall–Kier alpha value is -2.29. The van der Waals surface area contributed by atoms with Gasteiger partial charge in [-0.1, -0.05) is 204 Å². The van der Waals surface area contributed by atoms with Crippen molar-refractivity contribution in [2.75, 3.05) is 40.9 Å². The number of nitrogens with one attached hydrogen (secondary N) is 1. The molecule has 1 amide bonds. The summed E-state index contributed by atoms with van der Waals surface area (Å²) in [5.74, 6) is -0.584. The number of hydrogen-bond donors (Lipinski definition) is 1. The Kier molecular flexibility index (Phi) is 47.7. The van der Waals surface area contributed by atoms with Crippen LogP contribution in [0.25, 0.3) is 0 Å². The highest BCUT2D eigenvalue weighted by atomic mass is 31.2. The topological polar surface area (TPSA) is 114 Å². The van der Waals surface area contributed by atoms with Crippen LogP contribution in [0.15, 0.2) is 60.8 Å². The average molecular weight is 990 g/mol. The number of allylic oxidation sites excluding steroid dienone is 9. The number of nitrogens with zero attached hydrogens (tertiary/aromatic N) is 1. The molecule has 0 saturated heterocycles. The maximum absolute atomic E-state index is 13.5. The van der Waals surface area contributed by atoms with Crippen LogP contribution in [0.4, 0.5) is 0 Å². The first-order valence-corrected chi connectivity index (χ1v) is 30.1. The first kappa shape index (κ1) is 66.7. The largest absolute Gasteiger partial charge is 0.756 e. The van der Waals surface area contributed by atoms with Crippen molar-refractivity contribution < 1.29 is 37.3 Å². The van der Waals surface area contributed by atoms with Crippen molar-refractivity contribution in [3.63, 3.8) is 0 Å². The molecule has 0 fully saturated rings. The quantitative estimate of drug-likeness (QED) is 0.0212. The second-order valence-electron chi connectivity index (χ2n) is 20.4. The van der Waals surface area contributed by atoms with Crippen LogP contribution in [-0.2, 0) is 27.9 Å². The fraction of sp³-hybridized carbons (Fsp3) is 0.797. The molecule has 0 aliphatic rings. The first-order chi connectivity index (χ1) is 33.4. The minimum atomic E-state index is -4.70. The molecule has 0 aromatic rings. The predicted molar refractivity (Wildman–Crippen MR) is 293 cm³/mol. The molecule has 0 bridgehead atoms. The van der Waals surface area contributed by atoms with E-state index in [1.54, 1.807) is 0 Å². The van der Waals surface area contributed by atoms with E-state index in [0.29, 0.717) is 30.3 Å². The molecule has 402 valence electrons. The van der Waals surface area contributed by atoms with Crippen LogP contribution in [0.2, 0.25) is 0 Å². The molecular formula is C59H109N2O7P. The zero-order valence-electron chi connectivity index (χ0n) is 45.8. The van der Waals surface area contributed by atoms with E-state index < -0.39 is 26.6 Å². The highest BCUT2D eigenvalue weighted by Gasteiger charge is 2.27. The smallest absolute Gasteiger partial charge is 0.306 e. The van der Waals surface area contributed by atoms with Gasteiger partial charge in [-0.25, -0.2) is 0 Å². The Labute approximate surface area is 426 Å². The molecule has 0 aliphatic carbocycles. The third-order valence-electron chi connectivity index (χ3n) is 12.4. The fourth-order valence-electron chi connectivity index (χ4n) is 7.93. The minimum Gasteiger partial charge on any atom is -0.756 e. The lowest BCUT2D eigenvalue weighted by Gasteiger charge is -2.30. The van der Waals surface area contributed by atoms with E-state index in [-0.39, 0.29) is 24.9 Å². The molecule has 1 N–H and O–H groups in total. The molecule has 0 saturated carbocycles. The SMILES string of the molecule is CCCCC/C=C\C/C=C\C/C=C\CCCCCCC(=O)OC(/C=C/CCCCCCCCCCCCC)C(COP(=O)([O-])OCC[N+](C)(C)C)NC(=O)CCCCC/C=C\CCCCCCCC. The second-order valence-corrected chi connectivity index (χ2v) is 21.8. The highest BCUT2D eigenvalue weighted by molar-refractivity contribution is 7.45. The van der Waals surface area contributed by atoms with Crippen molar-refractivity contribution in [3.05, 3.63) is 60.8 Å². The van der Waals surface area contributed by atoms with Crippen LogP contribution in [0, 0.1) is 0 Å². The van der Waals surface area contributed by atoms with Gasteiger partial charge >= 0.3 is 5.97 Å². The number of quaternary nitrogens is 1. The third-order valence-corrected chi connectivity index (χ3v) is 13.4. The van der Waals surface area contributed by atoms with Gasteiger partial charge in [0.2, 0.25) is 5.91 Å². The van der Waals surface area contributed by atoms with Crippen LogP contribution in [0.5, 0.6) is 0 Å². The van der Waals surface area contributed by atoms with Crippen LogP contribution in [0.1, 0.15) is 252 Å². The molecule has 9 nitrogen and oxygen atoms in total. The van der Waals surface area contributed by atoms with Gasteiger partial charge in [-0.3, -0.25) is 14.2 Å². The van der Waals surface area contributed by atoms with Crippen molar-refractivity contribution in [1.82, 2.24) is 5.32 Å². The number of esters is 1. The lowest BCUT2D eigenvalue weighted by atomic mass is 10.0. The van der Waals surface area contributed by atoms with E-state index in [2.05, 4.69) is 74.7 Å². The number of likely N-dealkylation sites (N-methyl/N-ethyl adjacent to an activating group) is 1. The van der Waals surface area contributed by atoms with Crippen molar-refractivity contribution in [2.45, 2.75) is 264 Å². The fourth-order valence-corrected chi connectivity index (χ4v) is 8.66. The first-order valence-electron chi connectivity index (χ1n) is 28.6. The number of ether oxygens (including phenoxy) is 1. The third kappa shape index (κ3) is 50.4. The van der Waals surface area contributed by atoms with Crippen LogP contribution >= 0.6 is 7.82 Å². The summed E-state index contributed by atoms with van der Waals surface area (Å²) in [5.41, 5.74) is 0. The molecule has 0 radical (unpaired) electrons. The normalized spacial score (nSPS) is 14.2. The Bertz CT molecular complexity index is 1370. The molecule has 0 heterocycles. The van der Waals surface area contributed by atoms with E-state index in [1.165, 1.54) is 122 Å². The number of hydrogen-bond acceptors (Lipinski definition) is 7. The Balaban J connectivity index is 5.44. The summed E-state index contributed by atoms with van der Waals surface area (Å²) < 4.78 is 30.2. The molecule has 0 spiro atoms. The van der Waals surface area contributed by atoms with Crippen molar-refractivity contribution in [1.29, 1.82) is 0 Å². The van der Waals surface area contributed by atoms with Gasteiger partial charge in [0, 0.05) is 12.8 Å². The van der Waals surface area contributed by atoms with Crippen LogP contribution in [0.3, 0.4) is 0 Å². The Morgan fingerprint density at radius 2 is 0.884 bits per heavy atom. The monoisotopic (exact) mass is 989 g/mol. The van der Waals surface area contributed by atoms with Gasteiger partial charge in [0.15, 0.2) is 0 Å². The zero-order chi connectivity index (χ0) is 50.8. The predicted octanol–water partition coefficient (Wildman–Crippen LogP) is 16.5. The summed E-state index contributed by atoms with van der Waals surface area (Å²) >= 11 is 0. The van der Waals surface area contributed by atoms with Crippen LogP contribution in [-0.4, -0.2) is 69.4 Å². The maximum atomic E-state index is 13.5. The Morgan fingerprint density at radius 1 is 0.507 bits per heavy atom. The highest BCUT2D eigenvalue weighted by Crippen LogP contribution is 2.38. The molecule has 0 aliphatic heterocycles. The molecular weight excluding hydrogens is 880 g/mol. The van der Waals surface area contributed by atoms with Gasteiger partial charge < -0.3 is 28.5 Å². The average Bonchev–Trinajstić information content (AvgIpc) is 3.31. The molecule has 10 heteroatoms. The molecule has 0 aromatic carbocycles. The molecule has 0 rings (SSSR count). The van der Waals surface area contributed by atoms with E-state index in [9.17, 15) is 19.0 Å². The summed E-state index contributed by atoms with van der Waals surface area (Å²) in [6.45, 7) is 6.78. The van der Waals surface area contributed by atoms with Gasteiger partial charge in [0.05, 0.1) is 33.8 Å². The second kappa shape index (κ2) is 49.3. The van der Waals surface area contributed by atoms with Gasteiger partial charge in [0.1, 0.15) is 19.3 Å². The number of amides is 1. The van der Waals surface area contributed by atoms with Crippen molar-refractivity contribution in [3.8, 4) is 0 Å². The summed E-state index contributed by atoms with van der Waals surface area (Å²) in [5, 5.41) is 3.00. The Morgan fingerprint density at radius 3 is 1.38 bits per heavy atom. The van der Waals surface area contributed by atoms with Gasteiger partial charge in [-0.05, 0) is 96.0 Å². The summed E-state index contributed by atoms with van der Waals surface area (Å²) in [6.07, 6.45) is 60.4. The van der Waals surface area contributed by atoms with Gasteiger partial charge in [0.25, 0.3) is 7.82 Å². The van der Waals surface area contributed by atoms with E-state index in [1.807, 2.05) is 33.3 Å². The standard InChI is InChI=1S/C59H109N2O7P/c1-7-10-13-16-19-22-25-28-29-30-31-34-37-40-43-46-49-52-59(63)68-57(50-47-44-41-38-35-32-26-23-20-17-14-11-8-2)56(55-67-69(64,65)66-54-53-61(4,5)6)60-58(62)51-48-45-42-39-36-33-27-24-21-18-15-12-9-3/h19,22,28-29,31,33-34,36,47,50,56-57H,7-18,20-21,23-27,30,32,35,37-46,48-49,51-55H2,1-6H3,(H-,60,62,64,65)/b22-19-,29-28-,34-31-,36-33-,50-47+. The van der Waals surface area contributed by atoms with Gasteiger partial charge in [-0.2, -0.15) is 0 Å². The van der Waals surface area contributed by atoms with Crippen molar-refractivity contribution >= 4 is 19.7 Å². The maximum Gasteiger partial charge on any atom is 0.306 e.